The molecule has 2 aromatic heterocycles. The zero-order chi connectivity index (χ0) is 38.2. The number of rotatable bonds is 15. The van der Waals surface area contributed by atoms with Gasteiger partial charge in [0.1, 0.15) is 18.0 Å². The third-order valence-corrected chi connectivity index (χ3v) is 10.3. The zero-order valence-electron chi connectivity index (χ0n) is 31.5. The van der Waals surface area contributed by atoms with Crippen LogP contribution in [-0.2, 0) is 18.1 Å². The summed E-state index contributed by atoms with van der Waals surface area (Å²) >= 11 is 6.01. The molecule has 3 heterocycles. The lowest BCUT2D eigenvalue weighted by molar-refractivity contribution is -0.00432. The van der Waals surface area contributed by atoms with E-state index in [4.69, 9.17) is 34.6 Å². The number of piperidine rings is 1. The standard InChI is InChI=1S/C38H50ClN6O7P/c1-37(2,3)51-53(47,52-38(4,5)6)50-24-26-14-17-45(18-15-26)16-9-19-49-33-22-31-30(21-32(33)48-7)35(42-25-41-31)43-29-12-13-34(40-23-29)44-36(46)27-10-8-11-28(39)20-27/h8,10-13,20-23,25-26H,9,14-19,24H2,1-7H3,(H,40,44,46)(H,41,42,43). The van der Waals surface area contributed by atoms with Crippen LogP contribution in [0.3, 0.4) is 0 Å². The number of hydrogen-bond donors (Lipinski definition) is 2. The number of nitrogens with one attached hydrogen (secondary N) is 2. The first kappa shape index (κ1) is 40.3. The molecule has 1 saturated heterocycles. The lowest BCUT2D eigenvalue weighted by Crippen LogP contribution is -2.36. The van der Waals surface area contributed by atoms with Crippen molar-refractivity contribution in [2.45, 2.75) is 72.0 Å². The van der Waals surface area contributed by atoms with Crippen molar-refractivity contribution in [2.24, 2.45) is 5.92 Å². The molecule has 0 aliphatic carbocycles. The molecule has 53 heavy (non-hydrogen) atoms. The topological polar surface area (TPSA) is 146 Å². The van der Waals surface area contributed by atoms with Gasteiger partial charge in [-0.25, -0.2) is 19.5 Å². The molecule has 13 nitrogen and oxygen atoms in total. The van der Waals surface area contributed by atoms with Gasteiger partial charge in [0, 0.05) is 28.6 Å². The summed E-state index contributed by atoms with van der Waals surface area (Å²) in [4.78, 5) is 28.2. The van der Waals surface area contributed by atoms with Crippen LogP contribution in [0.5, 0.6) is 11.5 Å². The van der Waals surface area contributed by atoms with E-state index >= 15 is 0 Å². The fourth-order valence-electron chi connectivity index (χ4n) is 5.72. The fourth-order valence-corrected chi connectivity index (χ4v) is 7.79. The van der Waals surface area contributed by atoms with Crippen molar-refractivity contribution in [3.05, 3.63) is 71.6 Å². The predicted molar refractivity (Wildman–Crippen MR) is 208 cm³/mol. The third kappa shape index (κ3) is 12.3. The largest absolute Gasteiger partial charge is 0.493 e. The summed E-state index contributed by atoms with van der Waals surface area (Å²) < 4.78 is 42.7. The van der Waals surface area contributed by atoms with Crippen LogP contribution in [0.1, 0.15) is 71.2 Å². The van der Waals surface area contributed by atoms with Gasteiger partial charge in [0.2, 0.25) is 0 Å². The molecule has 0 saturated carbocycles. The minimum Gasteiger partial charge on any atom is -0.493 e. The number of fused-ring (bicyclic) bond motifs is 1. The summed E-state index contributed by atoms with van der Waals surface area (Å²) in [6.07, 6.45) is 5.78. The molecule has 1 fully saturated rings. The van der Waals surface area contributed by atoms with Gasteiger partial charge in [-0.2, -0.15) is 0 Å². The second-order valence-electron chi connectivity index (χ2n) is 14.9. The second kappa shape index (κ2) is 17.5. The molecule has 0 radical (unpaired) electrons. The number of likely N-dealkylation sites (tertiary alicyclic amines) is 1. The van der Waals surface area contributed by atoms with Gasteiger partial charge in [0.15, 0.2) is 11.5 Å². The second-order valence-corrected chi connectivity index (χ2v) is 16.9. The minimum atomic E-state index is -3.72. The molecule has 5 rings (SSSR count). The first-order chi connectivity index (χ1) is 25.1. The molecule has 15 heteroatoms. The van der Waals surface area contributed by atoms with Gasteiger partial charge >= 0.3 is 7.82 Å². The molecule has 0 bridgehead atoms. The van der Waals surface area contributed by atoms with Crippen LogP contribution in [-0.4, -0.2) is 76.9 Å². The van der Waals surface area contributed by atoms with Crippen molar-refractivity contribution in [2.75, 3.05) is 50.6 Å². The van der Waals surface area contributed by atoms with Crippen LogP contribution >= 0.6 is 19.4 Å². The molecule has 0 unspecified atom stereocenters. The van der Waals surface area contributed by atoms with E-state index in [1.54, 1.807) is 49.7 Å². The number of carbonyl (C=O) groups excluding carboxylic acids is 1. The highest BCUT2D eigenvalue weighted by molar-refractivity contribution is 7.48. The first-order valence-corrected chi connectivity index (χ1v) is 19.6. The highest BCUT2D eigenvalue weighted by Crippen LogP contribution is 2.55. The number of phosphoric acid groups is 1. The monoisotopic (exact) mass is 768 g/mol. The summed E-state index contributed by atoms with van der Waals surface area (Å²) in [6, 6.07) is 13.9. The average Bonchev–Trinajstić information content (AvgIpc) is 3.08. The lowest BCUT2D eigenvalue weighted by atomic mass is 9.98. The normalized spacial score (nSPS) is 14.6. The number of nitrogens with zero attached hydrogens (tertiary/aromatic N) is 4. The Kier molecular flexibility index (Phi) is 13.3. The van der Waals surface area contributed by atoms with Crippen LogP contribution in [0.4, 0.5) is 17.3 Å². The molecule has 1 aliphatic heterocycles. The van der Waals surface area contributed by atoms with Crippen molar-refractivity contribution >= 4 is 53.6 Å². The van der Waals surface area contributed by atoms with Crippen molar-refractivity contribution < 1.29 is 32.4 Å². The molecule has 0 atom stereocenters. The Morgan fingerprint density at radius 3 is 2.34 bits per heavy atom. The van der Waals surface area contributed by atoms with E-state index in [1.165, 1.54) is 6.33 Å². The summed E-state index contributed by atoms with van der Waals surface area (Å²) in [5, 5.41) is 7.28. The molecule has 1 amide bonds. The number of ether oxygens (including phenoxy) is 2. The maximum Gasteiger partial charge on any atom is 0.475 e. The molecule has 1 aliphatic rings. The molecule has 2 N–H and O–H groups in total. The molecule has 4 aromatic rings. The molecular formula is C38H50ClN6O7P. The maximum absolute atomic E-state index is 13.4. The van der Waals surface area contributed by atoms with Crippen molar-refractivity contribution in [1.82, 2.24) is 19.9 Å². The van der Waals surface area contributed by atoms with Gasteiger partial charge in [-0.15, -0.1) is 0 Å². The quantitative estimate of drug-likeness (QED) is 0.0879. The Hall–Kier alpha value is -3.84. The number of carbonyl (C=O) groups is 1. The third-order valence-electron chi connectivity index (χ3n) is 8.10. The maximum atomic E-state index is 13.4. The van der Waals surface area contributed by atoms with Crippen LogP contribution in [0, 0.1) is 5.92 Å². The van der Waals surface area contributed by atoms with E-state index in [9.17, 15) is 9.36 Å². The molecule has 2 aromatic carbocycles. The lowest BCUT2D eigenvalue weighted by Gasteiger charge is -2.34. The highest BCUT2D eigenvalue weighted by atomic mass is 35.5. The predicted octanol–water partition coefficient (Wildman–Crippen LogP) is 8.92. The van der Waals surface area contributed by atoms with Gasteiger partial charge < -0.3 is 25.0 Å². The van der Waals surface area contributed by atoms with Gasteiger partial charge in [0.05, 0.1) is 48.9 Å². The number of amides is 1. The summed E-state index contributed by atoms with van der Waals surface area (Å²) in [6.45, 7) is 14.6. The smallest absolute Gasteiger partial charge is 0.475 e. The van der Waals surface area contributed by atoms with E-state index in [2.05, 4.69) is 30.5 Å². The number of methoxy groups -OCH3 is 1. The number of hydrogen-bond acceptors (Lipinski definition) is 12. The number of pyridine rings is 1. The number of anilines is 3. The van der Waals surface area contributed by atoms with E-state index < -0.39 is 19.0 Å². The summed E-state index contributed by atoms with van der Waals surface area (Å²) in [5.41, 5.74) is 0.476. The Balaban J connectivity index is 1.10. The summed E-state index contributed by atoms with van der Waals surface area (Å²) in [7, 11) is -2.12. The van der Waals surface area contributed by atoms with Crippen molar-refractivity contribution in [1.29, 1.82) is 0 Å². The van der Waals surface area contributed by atoms with Gasteiger partial charge in [-0.05, 0) is 116 Å². The molecular weight excluding hydrogens is 719 g/mol. The SMILES string of the molecule is COc1cc2c(Nc3ccc(NC(=O)c4cccc(Cl)c4)nc3)ncnc2cc1OCCCN1CCC(COP(=O)(OC(C)(C)C)OC(C)(C)C)CC1. The number of aromatic nitrogens is 3. The van der Waals surface area contributed by atoms with E-state index in [-0.39, 0.29) is 11.8 Å². The molecule has 286 valence electrons. The zero-order valence-corrected chi connectivity index (χ0v) is 33.1. The number of benzene rings is 2. The van der Waals surface area contributed by atoms with Gasteiger partial charge in [-0.1, -0.05) is 17.7 Å². The van der Waals surface area contributed by atoms with Crippen LogP contribution in [0.2, 0.25) is 5.02 Å². The highest BCUT2D eigenvalue weighted by Gasteiger charge is 2.38. The fraction of sp³-hybridized carbons (Fsp3) is 0.474. The summed E-state index contributed by atoms with van der Waals surface area (Å²) in [5.74, 6) is 2.09. The van der Waals surface area contributed by atoms with E-state index in [1.807, 2.05) is 53.7 Å². The van der Waals surface area contributed by atoms with Crippen molar-refractivity contribution in [3.8, 4) is 11.5 Å². The molecule has 0 spiro atoms. The average molecular weight is 769 g/mol. The van der Waals surface area contributed by atoms with Crippen LogP contribution in [0.15, 0.2) is 61.1 Å². The number of phosphoric ester groups is 1. The number of halogens is 1. The Labute approximate surface area is 316 Å². The minimum absolute atomic E-state index is 0.273. The van der Waals surface area contributed by atoms with Crippen LogP contribution < -0.4 is 20.1 Å². The Morgan fingerprint density at radius 2 is 1.70 bits per heavy atom. The Morgan fingerprint density at radius 1 is 0.962 bits per heavy atom. The van der Waals surface area contributed by atoms with E-state index in [0.717, 1.165) is 44.3 Å². The Bertz CT molecular complexity index is 1870. The van der Waals surface area contributed by atoms with Crippen molar-refractivity contribution in [3.63, 3.8) is 0 Å². The van der Waals surface area contributed by atoms with E-state index in [0.29, 0.717) is 58.1 Å². The van der Waals surface area contributed by atoms with Gasteiger partial charge in [-0.3, -0.25) is 18.4 Å². The van der Waals surface area contributed by atoms with Crippen LogP contribution in [0.25, 0.3) is 10.9 Å². The van der Waals surface area contributed by atoms with Gasteiger partial charge in [0.25, 0.3) is 5.91 Å². The first-order valence-electron chi connectivity index (χ1n) is 17.7.